The van der Waals surface area contributed by atoms with Gasteiger partial charge in [0.1, 0.15) is 0 Å². The van der Waals surface area contributed by atoms with Crippen LogP contribution in [0.4, 0.5) is 4.79 Å². The standard InChI is InChI=1S/C18H27N3O2/c19-12-17-13-21(10-11-23-17)18(22)20-16-8-6-15(7-9-16)14-4-2-1-3-5-14/h1-5,15-17H,6-13,19H2,(H,20,22). The van der Waals surface area contributed by atoms with Gasteiger partial charge in [0.15, 0.2) is 0 Å². The van der Waals surface area contributed by atoms with Crippen molar-refractivity contribution in [2.24, 2.45) is 5.73 Å². The minimum atomic E-state index is -0.0247. The maximum absolute atomic E-state index is 12.4. The molecule has 3 rings (SSSR count). The topological polar surface area (TPSA) is 67.6 Å². The molecule has 1 aliphatic carbocycles. The summed E-state index contributed by atoms with van der Waals surface area (Å²) >= 11 is 0. The molecule has 0 bridgehead atoms. The highest BCUT2D eigenvalue weighted by atomic mass is 16.5. The molecular formula is C18H27N3O2. The van der Waals surface area contributed by atoms with Gasteiger partial charge in [-0.1, -0.05) is 30.3 Å². The second kappa shape index (κ2) is 7.79. The fourth-order valence-corrected chi connectivity index (χ4v) is 3.61. The van der Waals surface area contributed by atoms with Crippen LogP contribution in [-0.2, 0) is 4.74 Å². The van der Waals surface area contributed by atoms with Crippen molar-refractivity contribution in [3.63, 3.8) is 0 Å². The average Bonchev–Trinajstić information content (AvgIpc) is 2.63. The predicted octanol–water partition coefficient (Wildman–Crippen LogP) is 2.08. The Bertz CT molecular complexity index is 500. The van der Waals surface area contributed by atoms with Crippen LogP contribution in [0.5, 0.6) is 0 Å². The Kier molecular flexibility index (Phi) is 5.51. The first-order chi connectivity index (χ1) is 11.3. The minimum absolute atomic E-state index is 0.0247. The molecule has 2 fully saturated rings. The fraction of sp³-hybridized carbons (Fsp3) is 0.611. The van der Waals surface area contributed by atoms with Crippen molar-refractivity contribution in [3.8, 4) is 0 Å². The third-order valence-corrected chi connectivity index (χ3v) is 5.01. The molecule has 1 unspecified atom stereocenters. The van der Waals surface area contributed by atoms with Crippen LogP contribution in [0.2, 0.25) is 0 Å². The molecule has 1 saturated heterocycles. The van der Waals surface area contributed by atoms with Crippen LogP contribution < -0.4 is 11.1 Å². The van der Waals surface area contributed by atoms with E-state index in [4.69, 9.17) is 10.5 Å². The summed E-state index contributed by atoms with van der Waals surface area (Å²) in [6.07, 6.45) is 4.36. The molecule has 5 heteroatoms. The number of ether oxygens (including phenoxy) is 1. The number of amides is 2. The summed E-state index contributed by atoms with van der Waals surface area (Å²) in [4.78, 5) is 14.2. The number of hydrogen-bond acceptors (Lipinski definition) is 3. The van der Waals surface area contributed by atoms with Gasteiger partial charge in [0, 0.05) is 25.7 Å². The van der Waals surface area contributed by atoms with Gasteiger partial charge in [0.25, 0.3) is 0 Å². The van der Waals surface area contributed by atoms with E-state index in [-0.39, 0.29) is 12.1 Å². The van der Waals surface area contributed by atoms with Gasteiger partial charge in [0.2, 0.25) is 0 Å². The fourth-order valence-electron chi connectivity index (χ4n) is 3.61. The zero-order chi connectivity index (χ0) is 16.1. The van der Waals surface area contributed by atoms with E-state index in [0.717, 1.165) is 25.7 Å². The zero-order valence-electron chi connectivity index (χ0n) is 13.6. The third-order valence-electron chi connectivity index (χ3n) is 5.01. The van der Waals surface area contributed by atoms with Crippen LogP contribution in [0, 0.1) is 0 Å². The summed E-state index contributed by atoms with van der Waals surface area (Å²) in [5.41, 5.74) is 7.06. The van der Waals surface area contributed by atoms with Gasteiger partial charge in [-0.15, -0.1) is 0 Å². The van der Waals surface area contributed by atoms with E-state index >= 15 is 0 Å². The van der Waals surface area contributed by atoms with Crippen LogP contribution in [0.15, 0.2) is 30.3 Å². The molecular weight excluding hydrogens is 290 g/mol. The Labute approximate surface area is 138 Å². The number of benzene rings is 1. The third kappa shape index (κ3) is 4.24. The maximum Gasteiger partial charge on any atom is 0.317 e. The molecule has 2 amide bonds. The quantitative estimate of drug-likeness (QED) is 0.897. The van der Waals surface area contributed by atoms with Crippen molar-refractivity contribution in [1.82, 2.24) is 10.2 Å². The van der Waals surface area contributed by atoms with Crippen molar-refractivity contribution >= 4 is 6.03 Å². The summed E-state index contributed by atoms with van der Waals surface area (Å²) in [6.45, 7) is 2.30. The smallest absolute Gasteiger partial charge is 0.317 e. The van der Waals surface area contributed by atoms with Crippen LogP contribution in [0.1, 0.15) is 37.2 Å². The molecule has 1 heterocycles. The Morgan fingerprint density at radius 3 is 2.65 bits per heavy atom. The molecule has 1 aromatic carbocycles. The van der Waals surface area contributed by atoms with Crippen LogP contribution in [0.3, 0.4) is 0 Å². The average molecular weight is 317 g/mol. The van der Waals surface area contributed by atoms with E-state index in [1.54, 1.807) is 0 Å². The van der Waals surface area contributed by atoms with Gasteiger partial charge in [-0.2, -0.15) is 0 Å². The lowest BCUT2D eigenvalue weighted by molar-refractivity contribution is -0.00914. The van der Waals surface area contributed by atoms with E-state index < -0.39 is 0 Å². The molecule has 1 aromatic rings. The lowest BCUT2D eigenvalue weighted by Gasteiger charge is -2.35. The highest BCUT2D eigenvalue weighted by Crippen LogP contribution is 2.32. The molecule has 1 aliphatic heterocycles. The molecule has 23 heavy (non-hydrogen) atoms. The second-order valence-corrected chi connectivity index (χ2v) is 6.58. The van der Waals surface area contributed by atoms with Crippen molar-refractivity contribution in [3.05, 3.63) is 35.9 Å². The van der Waals surface area contributed by atoms with E-state index in [2.05, 4.69) is 35.6 Å². The zero-order valence-corrected chi connectivity index (χ0v) is 13.6. The Balaban J connectivity index is 1.46. The first-order valence-electron chi connectivity index (χ1n) is 8.68. The lowest BCUT2D eigenvalue weighted by Crippen LogP contribution is -2.53. The Morgan fingerprint density at radius 2 is 1.96 bits per heavy atom. The van der Waals surface area contributed by atoms with Crippen LogP contribution in [-0.4, -0.2) is 49.3 Å². The van der Waals surface area contributed by atoms with Gasteiger partial charge < -0.3 is 20.7 Å². The van der Waals surface area contributed by atoms with Crippen molar-refractivity contribution < 1.29 is 9.53 Å². The highest BCUT2D eigenvalue weighted by Gasteiger charge is 2.27. The van der Waals surface area contributed by atoms with Gasteiger partial charge in [-0.3, -0.25) is 0 Å². The van der Waals surface area contributed by atoms with Gasteiger partial charge in [-0.25, -0.2) is 4.79 Å². The van der Waals surface area contributed by atoms with E-state index in [1.807, 2.05) is 4.90 Å². The van der Waals surface area contributed by atoms with E-state index in [0.29, 0.717) is 38.2 Å². The molecule has 2 aliphatic rings. The maximum atomic E-state index is 12.4. The Morgan fingerprint density at radius 1 is 1.22 bits per heavy atom. The minimum Gasteiger partial charge on any atom is -0.373 e. The summed E-state index contributed by atoms with van der Waals surface area (Å²) in [5, 5.41) is 3.20. The number of nitrogens with one attached hydrogen (secondary N) is 1. The first kappa shape index (κ1) is 16.3. The number of rotatable bonds is 3. The van der Waals surface area contributed by atoms with Crippen molar-refractivity contribution in [1.29, 1.82) is 0 Å². The van der Waals surface area contributed by atoms with Gasteiger partial charge in [0.05, 0.1) is 12.7 Å². The predicted molar refractivity (Wildman–Crippen MR) is 90.3 cm³/mol. The molecule has 3 N–H and O–H groups in total. The number of hydrogen-bond donors (Lipinski definition) is 2. The number of urea groups is 1. The molecule has 0 spiro atoms. The number of carbonyl (C=O) groups is 1. The normalized spacial score (nSPS) is 28.4. The summed E-state index contributed by atoms with van der Waals surface area (Å²) in [6, 6.07) is 11.0. The largest absolute Gasteiger partial charge is 0.373 e. The number of morpholine rings is 1. The molecule has 1 saturated carbocycles. The molecule has 5 nitrogen and oxygen atoms in total. The van der Waals surface area contributed by atoms with Gasteiger partial charge in [-0.05, 0) is 37.2 Å². The molecule has 0 aromatic heterocycles. The monoisotopic (exact) mass is 317 g/mol. The Hall–Kier alpha value is -1.59. The number of nitrogens with zero attached hydrogens (tertiary/aromatic N) is 1. The van der Waals surface area contributed by atoms with Crippen LogP contribution >= 0.6 is 0 Å². The van der Waals surface area contributed by atoms with E-state index in [1.165, 1.54) is 5.56 Å². The van der Waals surface area contributed by atoms with Crippen LogP contribution in [0.25, 0.3) is 0 Å². The summed E-state index contributed by atoms with van der Waals surface area (Å²) in [7, 11) is 0. The van der Waals surface area contributed by atoms with E-state index in [9.17, 15) is 4.79 Å². The summed E-state index contributed by atoms with van der Waals surface area (Å²) in [5.74, 6) is 0.634. The van der Waals surface area contributed by atoms with Crippen molar-refractivity contribution in [2.75, 3.05) is 26.2 Å². The number of carbonyl (C=O) groups excluding carboxylic acids is 1. The number of nitrogens with two attached hydrogens (primary N) is 1. The highest BCUT2D eigenvalue weighted by molar-refractivity contribution is 5.74. The molecule has 0 radical (unpaired) electrons. The first-order valence-corrected chi connectivity index (χ1v) is 8.68. The molecule has 126 valence electrons. The lowest BCUT2D eigenvalue weighted by atomic mass is 9.82. The van der Waals surface area contributed by atoms with Gasteiger partial charge >= 0.3 is 6.03 Å². The summed E-state index contributed by atoms with van der Waals surface area (Å²) < 4.78 is 5.51. The molecule has 1 atom stereocenters. The SMILES string of the molecule is NCC1CN(C(=O)NC2CCC(c3ccccc3)CC2)CCO1. The second-order valence-electron chi connectivity index (χ2n) is 6.58. The van der Waals surface area contributed by atoms with Crippen molar-refractivity contribution in [2.45, 2.75) is 43.7 Å².